The molecule has 1 aromatic rings. The number of anilines is 1. The van der Waals surface area contributed by atoms with Crippen LogP contribution in [-0.4, -0.2) is 27.8 Å². The normalized spacial score (nSPS) is 16.5. The van der Waals surface area contributed by atoms with Gasteiger partial charge in [-0.05, 0) is 19.3 Å². The van der Waals surface area contributed by atoms with Crippen LogP contribution >= 0.6 is 23.1 Å². The Kier molecular flexibility index (Phi) is 4.03. The smallest absolute Gasteiger partial charge is 0.205 e. The van der Waals surface area contributed by atoms with E-state index in [1.807, 2.05) is 0 Å². The Morgan fingerprint density at radius 3 is 2.69 bits per heavy atom. The summed E-state index contributed by atoms with van der Waals surface area (Å²) in [7, 11) is 0. The first-order chi connectivity index (χ1) is 7.72. The van der Waals surface area contributed by atoms with Gasteiger partial charge in [0.1, 0.15) is 5.82 Å². The summed E-state index contributed by atoms with van der Waals surface area (Å²) in [5.74, 6) is 2.02. The van der Waals surface area contributed by atoms with Crippen molar-refractivity contribution in [2.45, 2.75) is 45.1 Å². The first-order valence-electron chi connectivity index (χ1n) is 5.88. The van der Waals surface area contributed by atoms with E-state index in [4.69, 9.17) is 11.6 Å². The van der Waals surface area contributed by atoms with Crippen molar-refractivity contribution in [3.8, 4) is 0 Å². The molecule has 1 aliphatic carbocycles. The fraction of sp³-hybridized carbons (Fsp3) is 0.818. The van der Waals surface area contributed by atoms with Crippen LogP contribution in [0.1, 0.15) is 44.9 Å². The van der Waals surface area contributed by atoms with Crippen LogP contribution < -0.4 is 4.90 Å². The molecule has 0 radical (unpaired) electrons. The molecular weight excluding hydrogens is 242 g/mol. The lowest BCUT2D eigenvalue weighted by molar-refractivity contribution is 0.390. The van der Waals surface area contributed by atoms with Crippen LogP contribution in [0, 0.1) is 0 Å². The predicted octanol–water partition coefficient (Wildman–Crippen LogP) is 3.26. The Morgan fingerprint density at radius 1 is 1.50 bits per heavy atom. The second kappa shape index (κ2) is 5.32. The molecule has 3 nitrogen and oxygen atoms in total. The maximum atomic E-state index is 5.86. The van der Waals surface area contributed by atoms with Gasteiger partial charge in [-0.25, -0.2) is 4.98 Å². The average molecular weight is 260 g/mol. The molecule has 1 heterocycles. The van der Waals surface area contributed by atoms with Gasteiger partial charge in [-0.2, -0.15) is 4.37 Å². The van der Waals surface area contributed by atoms with Crippen molar-refractivity contribution in [1.29, 1.82) is 0 Å². The monoisotopic (exact) mass is 259 g/mol. The van der Waals surface area contributed by atoms with Gasteiger partial charge in [-0.1, -0.05) is 13.8 Å². The minimum absolute atomic E-state index is 0.407. The summed E-state index contributed by atoms with van der Waals surface area (Å²) in [5.41, 5.74) is 0. The molecule has 0 aliphatic heterocycles. The molecule has 0 atom stereocenters. The van der Waals surface area contributed by atoms with E-state index in [9.17, 15) is 0 Å². The van der Waals surface area contributed by atoms with E-state index in [0.717, 1.165) is 17.5 Å². The summed E-state index contributed by atoms with van der Waals surface area (Å²) in [6, 6.07) is 0.645. The van der Waals surface area contributed by atoms with Crippen LogP contribution in [-0.2, 0) is 0 Å². The highest BCUT2D eigenvalue weighted by Crippen LogP contribution is 2.31. The summed E-state index contributed by atoms with van der Waals surface area (Å²) in [6.45, 7) is 5.14. The number of halogens is 1. The lowest BCUT2D eigenvalue weighted by Crippen LogP contribution is -2.41. The van der Waals surface area contributed by atoms with E-state index in [2.05, 4.69) is 28.1 Å². The highest BCUT2D eigenvalue weighted by Gasteiger charge is 2.27. The average Bonchev–Trinajstić information content (AvgIpc) is 2.62. The second-order valence-electron chi connectivity index (χ2n) is 4.56. The van der Waals surface area contributed by atoms with Crippen molar-refractivity contribution in [1.82, 2.24) is 9.36 Å². The third kappa shape index (κ3) is 2.48. The third-order valence-electron chi connectivity index (χ3n) is 3.03. The van der Waals surface area contributed by atoms with Crippen molar-refractivity contribution in [3.63, 3.8) is 0 Å². The highest BCUT2D eigenvalue weighted by molar-refractivity contribution is 7.09. The first kappa shape index (κ1) is 12.1. The van der Waals surface area contributed by atoms with Gasteiger partial charge in [0.15, 0.2) is 0 Å². The van der Waals surface area contributed by atoms with Crippen LogP contribution in [0.15, 0.2) is 0 Å². The molecule has 5 heteroatoms. The molecule has 0 unspecified atom stereocenters. The highest BCUT2D eigenvalue weighted by atomic mass is 35.5. The Morgan fingerprint density at radius 2 is 2.25 bits per heavy atom. The van der Waals surface area contributed by atoms with E-state index < -0.39 is 0 Å². The van der Waals surface area contributed by atoms with Crippen LogP contribution in [0.4, 0.5) is 5.13 Å². The molecule has 1 fully saturated rings. The van der Waals surface area contributed by atoms with Crippen LogP contribution in [0.2, 0.25) is 0 Å². The molecule has 0 spiro atoms. The van der Waals surface area contributed by atoms with Crippen molar-refractivity contribution in [2.75, 3.05) is 17.3 Å². The van der Waals surface area contributed by atoms with Gasteiger partial charge >= 0.3 is 0 Å². The number of rotatable bonds is 5. The first-order valence-corrected chi connectivity index (χ1v) is 7.19. The van der Waals surface area contributed by atoms with Gasteiger partial charge in [0, 0.05) is 35.9 Å². The number of aromatic nitrogens is 2. The zero-order valence-corrected chi connectivity index (χ0v) is 11.4. The van der Waals surface area contributed by atoms with E-state index in [1.54, 1.807) is 0 Å². The summed E-state index contributed by atoms with van der Waals surface area (Å²) < 4.78 is 4.41. The summed E-state index contributed by atoms with van der Waals surface area (Å²) in [6.07, 6.45) is 3.88. The maximum Gasteiger partial charge on any atom is 0.205 e. The Bertz CT molecular complexity index is 336. The molecule has 90 valence electrons. The fourth-order valence-electron chi connectivity index (χ4n) is 1.80. The Balaban J connectivity index is 2.10. The quantitative estimate of drug-likeness (QED) is 0.760. The van der Waals surface area contributed by atoms with Gasteiger partial charge in [0.25, 0.3) is 0 Å². The van der Waals surface area contributed by atoms with E-state index in [0.29, 0.717) is 17.8 Å². The second-order valence-corrected chi connectivity index (χ2v) is 5.67. The minimum atomic E-state index is 0.407. The lowest BCUT2D eigenvalue weighted by Gasteiger charge is -2.36. The molecule has 16 heavy (non-hydrogen) atoms. The van der Waals surface area contributed by atoms with Gasteiger partial charge in [0.05, 0.1) is 0 Å². The molecule has 0 aromatic carbocycles. The minimum Gasteiger partial charge on any atom is -0.343 e. The Hall–Kier alpha value is -0.350. The van der Waals surface area contributed by atoms with Crippen molar-refractivity contribution < 1.29 is 0 Å². The molecule has 1 aliphatic rings. The van der Waals surface area contributed by atoms with Gasteiger partial charge in [-0.15, -0.1) is 11.6 Å². The molecule has 0 saturated heterocycles. The predicted molar refractivity (Wildman–Crippen MR) is 69.7 cm³/mol. The summed E-state index contributed by atoms with van der Waals surface area (Å²) >= 11 is 7.37. The number of nitrogens with zero attached hydrogens (tertiary/aromatic N) is 3. The molecule has 0 bridgehead atoms. The molecule has 0 amide bonds. The number of hydrogen-bond donors (Lipinski definition) is 0. The van der Waals surface area contributed by atoms with Gasteiger partial charge in [0.2, 0.25) is 5.13 Å². The molecule has 1 aromatic heterocycles. The SMILES string of the molecule is CC(C)c1nsc(N(CCCl)C2CCC2)n1. The van der Waals surface area contributed by atoms with Crippen LogP contribution in [0.25, 0.3) is 0 Å². The van der Waals surface area contributed by atoms with Crippen molar-refractivity contribution in [3.05, 3.63) is 5.82 Å². The van der Waals surface area contributed by atoms with Crippen LogP contribution in [0.3, 0.4) is 0 Å². The zero-order valence-electron chi connectivity index (χ0n) is 9.82. The number of hydrogen-bond acceptors (Lipinski definition) is 4. The van der Waals surface area contributed by atoms with E-state index in [-0.39, 0.29) is 0 Å². The third-order valence-corrected chi connectivity index (χ3v) is 3.97. The summed E-state index contributed by atoms with van der Waals surface area (Å²) in [4.78, 5) is 6.94. The Labute approximate surface area is 106 Å². The van der Waals surface area contributed by atoms with Crippen molar-refractivity contribution >= 4 is 28.3 Å². The van der Waals surface area contributed by atoms with E-state index >= 15 is 0 Å². The van der Waals surface area contributed by atoms with Crippen molar-refractivity contribution in [2.24, 2.45) is 0 Å². The molecular formula is C11H18ClN3S. The number of alkyl halides is 1. The fourth-order valence-corrected chi connectivity index (χ4v) is 2.89. The van der Waals surface area contributed by atoms with Gasteiger partial charge < -0.3 is 4.90 Å². The zero-order chi connectivity index (χ0) is 11.5. The van der Waals surface area contributed by atoms with Gasteiger partial charge in [-0.3, -0.25) is 0 Å². The molecule has 0 N–H and O–H groups in total. The maximum absolute atomic E-state index is 5.86. The lowest BCUT2D eigenvalue weighted by atomic mass is 9.92. The standard InChI is InChI=1S/C11H18ClN3S/c1-8(2)10-13-11(16-14-10)15(7-6-12)9-4-3-5-9/h8-9H,3-7H2,1-2H3. The van der Waals surface area contributed by atoms with Crippen LogP contribution in [0.5, 0.6) is 0 Å². The van der Waals surface area contributed by atoms with E-state index in [1.165, 1.54) is 30.8 Å². The molecule has 2 rings (SSSR count). The summed E-state index contributed by atoms with van der Waals surface area (Å²) in [5, 5.41) is 1.05. The largest absolute Gasteiger partial charge is 0.343 e. The molecule has 1 saturated carbocycles. The topological polar surface area (TPSA) is 29.0 Å².